The lowest BCUT2D eigenvalue weighted by Crippen LogP contribution is -2.27. The normalized spacial score (nSPS) is 10.0. The van der Waals surface area contributed by atoms with Crippen molar-refractivity contribution >= 4 is 23.9 Å². The Morgan fingerprint density at radius 2 is 1.26 bits per heavy atom. The molecule has 0 amide bonds. The minimum Gasteiger partial charge on any atom is -0.463 e. The standard InChI is InChI=1S/C12H18O4.C6H6O3.C6H14O2.C5H13N/c1-5-10(13)15-9-7-8-12(3,4)16-11(14)6-2;1-3-5(7)9-6(8)4-2;1-6(2,8)4-3-5-7;1-4-5-6(2)3/h5-6H,1-2,7-9H2,3-4H3;3-4H,1-2H2;7-8H,3-5H2,1-2H3;4-5H2,1-3H3. The Bertz CT molecular complexity index is 718. The largest absolute Gasteiger partial charge is 0.463 e. The van der Waals surface area contributed by atoms with Crippen molar-refractivity contribution in [3.8, 4) is 0 Å². The maximum absolute atomic E-state index is 11.0. The number of hydrogen-bond donors (Lipinski definition) is 2. The summed E-state index contributed by atoms with van der Waals surface area (Å²) in [5.74, 6) is -2.42. The van der Waals surface area contributed by atoms with Gasteiger partial charge in [-0.25, -0.2) is 19.2 Å². The Hall–Kier alpha value is -3.08. The fraction of sp³-hybridized carbons (Fsp3) is 0.586. The Morgan fingerprint density at radius 1 is 0.795 bits per heavy atom. The van der Waals surface area contributed by atoms with E-state index in [4.69, 9.17) is 19.7 Å². The van der Waals surface area contributed by atoms with Crippen molar-refractivity contribution in [1.29, 1.82) is 0 Å². The van der Waals surface area contributed by atoms with Crippen LogP contribution in [0.1, 0.15) is 66.7 Å². The summed E-state index contributed by atoms with van der Waals surface area (Å²) in [6.45, 7) is 23.7. The number of carbonyl (C=O) groups is 4. The highest BCUT2D eigenvalue weighted by Gasteiger charge is 2.21. The lowest BCUT2D eigenvalue weighted by molar-refractivity contribution is -0.153. The van der Waals surface area contributed by atoms with E-state index in [9.17, 15) is 19.2 Å². The fourth-order valence-electron chi connectivity index (χ4n) is 2.24. The average Bonchev–Trinajstić information content (AvgIpc) is 2.85. The van der Waals surface area contributed by atoms with Gasteiger partial charge in [-0.1, -0.05) is 33.2 Å². The van der Waals surface area contributed by atoms with Gasteiger partial charge >= 0.3 is 23.9 Å². The Labute approximate surface area is 235 Å². The first-order valence-corrected chi connectivity index (χ1v) is 12.6. The second-order valence-electron chi connectivity index (χ2n) is 9.45. The van der Waals surface area contributed by atoms with E-state index in [0.29, 0.717) is 32.3 Å². The Balaban J connectivity index is -0.000000227. The molecule has 0 saturated heterocycles. The molecule has 0 saturated carbocycles. The topological polar surface area (TPSA) is 140 Å². The van der Waals surface area contributed by atoms with Crippen LogP contribution in [0, 0.1) is 0 Å². The summed E-state index contributed by atoms with van der Waals surface area (Å²) in [4.78, 5) is 44.2. The number of ether oxygens (including phenoxy) is 3. The molecule has 0 aliphatic heterocycles. The first kappa shape index (κ1) is 43.0. The van der Waals surface area contributed by atoms with Gasteiger partial charge in [-0.05, 0) is 80.4 Å². The first-order valence-electron chi connectivity index (χ1n) is 12.6. The van der Waals surface area contributed by atoms with Crippen molar-refractivity contribution in [3.63, 3.8) is 0 Å². The SMILES string of the molecule is C=CC(=O)OC(=O)C=C.C=CC(=O)OCCCC(C)(C)OC(=O)C=C.CC(C)(O)CCCO.CCCN(C)C. The van der Waals surface area contributed by atoms with Crippen molar-refractivity contribution < 1.29 is 43.6 Å². The first-order chi connectivity index (χ1) is 17.9. The highest BCUT2D eigenvalue weighted by molar-refractivity contribution is 5.95. The molecule has 0 fully saturated rings. The van der Waals surface area contributed by atoms with Gasteiger partial charge in [0.25, 0.3) is 0 Å². The number of aliphatic hydroxyl groups is 2. The molecule has 0 aliphatic carbocycles. The molecular formula is C29H51NO9. The van der Waals surface area contributed by atoms with E-state index in [-0.39, 0.29) is 6.61 Å². The summed E-state index contributed by atoms with van der Waals surface area (Å²) in [6.07, 6.45) is 7.89. The second kappa shape index (κ2) is 26.5. The van der Waals surface area contributed by atoms with Crippen LogP contribution in [0.3, 0.4) is 0 Å². The van der Waals surface area contributed by atoms with E-state index in [1.807, 2.05) is 0 Å². The molecule has 0 radical (unpaired) electrons. The number of nitrogens with zero attached hydrogens (tertiary/aromatic N) is 1. The fourth-order valence-corrected chi connectivity index (χ4v) is 2.24. The molecule has 0 spiro atoms. The number of hydrogen-bond acceptors (Lipinski definition) is 10. The zero-order chi connectivity index (χ0) is 31.5. The van der Waals surface area contributed by atoms with Crippen LogP contribution >= 0.6 is 0 Å². The Morgan fingerprint density at radius 3 is 1.54 bits per heavy atom. The van der Waals surface area contributed by atoms with Crippen LogP contribution in [0.15, 0.2) is 50.6 Å². The molecule has 0 atom stereocenters. The van der Waals surface area contributed by atoms with E-state index < -0.39 is 35.1 Å². The summed E-state index contributed by atoms with van der Waals surface area (Å²) in [5.41, 5.74) is -1.19. The number of carbonyl (C=O) groups excluding carboxylic acids is 4. The van der Waals surface area contributed by atoms with Gasteiger partial charge in [-0.2, -0.15) is 0 Å². The van der Waals surface area contributed by atoms with Crippen molar-refractivity contribution in [2.24, 2.45) is 0 Å². The van der Waals surface area contributed by atoms with Crippen molar-refractivity contribution in [3.05, 3.63) is 50.6 Å². The molecular weight excluding hydrogens is 506 g/mol. The highest BCUT2D eigenvalue weighted by atomic mass is 16.6. The summed E-state index contributed by atoms with van der Waals surface area (Å²) in [6, 6.07) is 0. The smallest absolute Gasteiger partial charge is 0.338 e. The van der Waals surface area contributed by atoms with Gasteiger partial charge in [0.15, 0.2) is 0 Å². The molecule has 39 heavy (non-hydrogen) atoms. The summed E-state index contributed by atoms with van der Waals surface area (Å²) in [5, 5.41) is 17.4. The molecule has 0 aliphatic rings. The van der Waals surface area contributed by atoms with Crippen molar-refractivity contribution in [2.75, 3.05) is 33.9 Å². The van der Waals surface area contributed by atoms with Gasteiger partial charge in [-0.3, -0.25) is 0 Å². The van der Waals surface area contributed by atoms with Crippen LogP contribution < -0.4 is 0 Å². The van der Waals surface area contributed by atoms with Crippen LogP contribution in [0.25, 0.3) is 0 Å². The summed E-state index contributed by atoms with van der Waals surface area (Å²) in [7, 11) is 4.17. The van der Waals surface area contributed by atoms with E-state index in [2.05, 4.69) is 57.0 Å². The third-order valence-electron chi connectivity index (χ3n) is 4.03. The Kier molecular flexibility index (Phi) is 29.2. The van der Waals surface area contributed by atoms with Crippen LogP contribution in [0.5, 0.6) is 0 Å². The van der Waals surface area contributed by atoms with Crippen LogP contribution in [0.2, 0.25) is 0 Å². The van der Waals surface area contributed by atoms with Gasteiger partial charge in [0.05, 0.1) is 12.2 Å². The molecule has 0 aromatic rings. The van der Waals surface area contributed by atoms with E-state index >= 15 is 0 Å². The average molecular weight is 558 g/mol. The zero-order valence-electron chi connectivity index (χ0n) is 25.0. The quantitative estimate of drug-likeness (QED) is 0.106. The van der Waals surface area contributed by atoms with E-state index in [1.165, 1.54) is 13.0 Å². The molecule has 0 rings (SSSR count). The number of esters is 4. The molecule has 10 nitrogen and oxygen atoms in total. The predicted octanol–water partition coefficient (Wildman–Crippen LogP) is 3.92. The van der Waals surface area contributed by atoms with Gasteiger partial charge < -0.3 is 29.3 Å². The van der Waals surface area contributed by atoms with Gasteiger partial charge in [-0.15, -0.1) is 0 Å². The maximum Gasteiger partial charge on any atom is 0.338 e. The van der Waals surface area contributed by atoms with Gasteiger partial charge in [0.1, 0.15) is 5.60 Å². The summed E-state index contributed by atoms with van der Waals surface area (Å²) >= 11 is 0. The third-order valence-corrected chi connectivity index (χ3v) is 4.03. The molecule has 10 heteroatoms. The molecule has 0 unspecified atom stereocenters. The minimum absolute atomic E-state index is 0.171. The number of aliphatic hydroxyl groups excluding tert-OH is 1. The maximum atomic E-state index is 11.0. The van der Waals surface area contributed by atoms with Crippen LogP contribution in [-0.4, -0.2) is 84.0 Å². The zero-order valence-corrected chi connectivity index (χ0v) is 25.0. The number of rotatable bonds is 14. The summed E-state index contributed by atoms with van der Waals surface area (Å²) < 4.78 is 13.9. The predicted molar refractivity (Wildman–Crippen MR) is 154 cm³/mol. The third kappa shape index (κ3) is 42.3. The molecule has 0 bridgehead atoms. The lowest BCUT2D eigenvalue weighted by atomic mass is 10.0. The highest BCUT2D eigenvalue weighted by Crippen LogP contribution is 2.17. The molecule has 226 valence electrons. The molecule has 0 aromatic heterocycles. The van der Waals surface area contributed by atoms with Crippen LogP contribution in [-0.2, 0) is 33.4 Å². The van der Waals surface area contributed by atoms with Crippen molar-refractivity contribution in [2.45, 2.75) is 77.9 Å². The van der Waals surface area contributed by atoms with Gasteiger partial charge in [0, 0.05) is 30.9 Å². The molecule has 0 heterocycles. The van der Waals surface area contributed by atoms with E-state index in [1.54, 1.807) is 27.7 Å². The van der Waals surface area contributed by atoms with Gasteiger partial charge in [0.2, 0.25) is 0 Å². The minimum atomic E-state index is -0.764. The van der Waals surface area contributed by atoms with Crippen LogP contribution in [0.4, 0.5) is 0 Å². The van der Waals surface area contributed by atoms with Crippen molar-refractivity contribution in [1.82, 2.24) is 4.90 Å². The van der Waals surface area contributed by atoms with E-state index in [0.717, 1.165) is 24.3 Å². The monoisotopic (exact) mass is 557 g/mol. The molecule has 0 aromatic carbocycles. The second-order valence-corrected chi connectivity index (χ2v) is 9.45. The molecule has 2 N–H and O–H groups in total. The lowest BCUT2D eigenvalue weighted by Gasteiger charge is -2.24.